The van der Waals surface area contributed by atoms with Gasteiger partial charge in [0.25, 0.3) is 11.6 Å². The molecule has 0 radical (unpaired) electrons. The number of alkyl halides is 3. The van der Waals surface area contributed by atoms with Crippen molar-refractivity contribution < 1.29 is 85.7 Å². The number of nitrogens with zero attached hydrogens (tertiary/aromatic N) is 2. The standard InChI is InChI=1S/C17H13ClFNO4.C14H7ClF3NO5.Na/c1-3-8-22-17(21)11(2)23-13-4-6-14(7-5-13)24-16-15(19)9-12(18)10-20-16;15-10-5-7(14(16,17)18)1-4-12(10)24-8-2-3-11(19(22)23)9(6-8)13(20)21;/h1,4-7,9-11H,8H2,2H3;1-6H,(H,20,21);/q;;+1/p-1/t11-;;/m1../s1. The summed E-state index contributed by atoms with van der Waals surface area (Å²) in [5.74, 6) is -0.625. The molecule has 4 aromatic rings. The normalized spacial score (nSPS) is 11.0. The summed E-state index contributed by atoms with van der Waals surface area (Å²) in [6.45, 7) is 1.43. The molecule has 0 aliphatic heterocycles. The molecule has 1 atom stereocenters. The van der Waals surface area contributed by atoms with Gasteiger partial charge in [0.15, 0.2) is 18.5 Å². The van der Waals surface area contributed by atoms with Crippen LogP contribution in [0.1, 0.15) is 22.8 Å². The summed E-state index contributed by atoms with van der Waals surface area (Å²) in [7, 11) is 0. The third-order valence-corrected chi connectivity index (χ3v) is 6.13. The van der Waals surface area contributed by atoms with Gasteiger partial charge in [0.1, 0.15) is 23.0 Å². The smallest absolute Gasteiger partial charge is 0.545 e. The first-order valence-corrected chi connectivity index (χ1v) is 13.7. The second-order valence-corrected chi connectivity index (χ2v) is 9.90. The minimum atomic E-state index is -4.59. The van der Waals surface area contributed by atoms with Gasteiger partial charge in [0.2, 0.25) is 0 Å². The summed E-state index contributed by atoms with van der Waals surface area (Å²) in [5, 5.41) is 21.5. The van der Waals surface area contributed by atoms with Crippen molar-refractivity contribution in [3.63, 3.8) is 0 Å². The molecule has 250 valence electrons. The van der Waals surface area contributed by atoms with E-state index in [0.29, 0.717) is 17.6 Å². The molecular formula is C31H19Cl2F4N2NaO9. The van der Waals surface area contributed by atoms with E-state index in [4.69, 9.17) is 48.6 Å². The Labute approximate surface area is 307 Å². The van der Waals surface area contributed by atoms with Gasteiger partial charge in [0, 0.05) is 12.3 Å². The van der Waals surface area contributed by atoms with Crippen molar-refractivity contribution in [1.29, 1.82) is 0 Å². The van der Waals surface area contributed by atoms with Gasteiger partial charge in [-0.2, -0.15) is 13.2 Å². The quantitative estimate of drug-likeness (QED) is 0.0584. The zero-order valence-electron chi connectivity index (χ0n) is 25.1. The molecule has 0 fully saturated rings. The third-order valence-electron chi connectivity index (χ3n) is 5.63. The zero-order valence-corrected chi connectivity index (χ0v) is 28.6. The molecule has 0 spiro atoms. The molecule has 1 aromatic heterocycles. The zero-order chi connectivity index (χ0) is 35.6. The maximum atomic E-state index is 13.6. The number of carbonyl (C=O) groups is 2. The molecular weight excluding hydrogens is 714 g/mol. The number of aromatic nitrogens is 1. The first-order chi connectivity index (χ1) is 22.6. The third kappa shape index (κ3) is 12.1. The Kier molecular flexibility index (Phi) is 15.1. The molecule has 0 N–H and O–H groups in total. The first-order valence-electron chi connectivity index (χ1n) is 13.0. The Hall–Kier alpha value is -4.59. The Morgan fingerprint density at radius 1 is 1.00 bits per heavy atom. The number of carboxylic acids is 1. The van der Waals surface area contributed by atoms with Gasteiger partial charge >= 0.3 is 41.7 Å². The molecule has 0 bridgehead atoms. The Morgan fingerprint density at radius 2 is 1.63 bits per heavy atom. The van der Waals surface area contributed by atoms with Gasteiger partial charge in [-0.25, -0.2) is 14.2 Å². The van der Waals surface area contributed by atoms with Gasteiger partial charge in [-0.15, -0.1) is 6.42 Å². The molecule has 18 heteroatoms. The average Bonchev–Trinajstić information content (AvgIpc) is 3.02. The van der Waals surface area contributed by atoms with Gasteiger partial charge < -0.3 is 28.8 Å². The molecule has 0 saturated carbocycles. The molecule has 3 aromatic carbocycles. The predicted molar refractivity (Wildman–Crippen MR) is 160 cm³/mol. The van der Waals surface area contributed by atoms with Crippen LogP contribution in [0.3, 0.4) is 0 Å². The van der Waals surface area contributed by atoms with E-state index in [1.807, 2.05) is 0 Å². The number of benzene rings is 3. The number of aromatic carboxylic acids is 1. The van der Waals surface area contributed by atoms with E-state index in [9.17, 15) is 42.4 Å². The Balaban J connectivity index is 0.000000333. The van der Waals surface area contributed by atoms with Crippen LogP contribution in [0, 0.1) is 28.3 Å². The molecule has 11 nitrogen and oxygen atoms in total. The van der Waals surface area contributed by atoms with E-state index in [1.54, 1.807) is 24.3 Å². The van der Waals surface area contributed by atoms with Crippen LogP contribution >= 0.6 is 23.2 Å². The van der Waals surface area contributed by atoms with E-state index < -0.39 is 51.8 Å². The van der Waals surface area contributed by atoms with Crippen molar-refractivity contribution >= 4 is 40.8 Å². The topological polar surface area (TPSA) is 150 Å². The summed E-state index contributed by atoms with van der Waals surface area (Å²) < 4.78 is 72.0. The molecule has 49 heavy (non-hydrogen) atoms. The van der Waals surface area contributed by atoms with Crippen molar-refractivity contribution in [3.05, 3.63) is 110 Å². The van der Waals surface area contributed by atoms with E-state index in [2.05, 4.69) is 10.9 Å². The monoisotopic (exact) mass is 732 g/mol. The summed E-state index contributed by atoms with van der Waals surface area (Å²) in [5.41, 5.74) is -2.43. The van der Waals surface area contributed by atoms with E-state index in [-0.39, 0.29) is 63.6 Å². The first kappa shape index (κ1) is 40.6. The van der Waals surface area contributed by atoms with Crippen LogP contribution < -0.4 is 48.9 Å². The number of pyridine rings is 1. The van der Waals surface area contributed by atoms with Crippen LogP contribution in [0.4, 0.5) is 23.2 Å². The second kappa shape index (κ2) is 18.2. The van der Waals surface area contributed by atoms with Gasteiger partial charge in [-0.05, 0) is 67.6 Å². The second-order valence-electron chi connectivity index (χ2n) is 9.05. The predicted octanol–water partition coefficient (Wildman–Crippen LogP) is 4.04. The number of esters is 1. The number of carboxylic acid groups (broad SMARTS) is 1. The number of halogens is 6. The van der Waals surface area contributed by atoms with Crippen LogP contribution in [0.5, 0.6) is 28.9 Å². The van der Waals surface area contributed by atoms with Crippen LogP contribution in [0.2, 0.25) is 10.0 Å². The minimum absolute atomic E-state index is 0. The number of terminal acetylenes is 1. The number of rotatable bonds is 10. The Bertz CT molecular complexity index is 1860. The number of carbonyl (C=O) groups excluding carboxylic acids is 2. The van der Waals surface area contributed by atoms with E-state index >= 15 is 0 Å². The summed E-state index contributed by atoms with van der Waals surface area (Å²) in [4.78, 5) is 36.1. The summed E-state index contributed by atoms with van der Waals surface area (Å²) in [6.07, 6.45) is 0.881. The molecule has 0 saturated heterocycles. The molecule has 0 amide bonds. The molecule has 0 aliphatic carbocycles. The maximum Gasteiger partial charge on any atom is 1.00 e. The fraction of sp³-hybridized carbons (Fsp3) is 0.129. The molecule has 0 unspecified atom stereocenters. The number of hydrogen-bond acceptors (Lipinski definition) is 10. The number of nitro benzene ring substituents is 1. The van der Waals surface area contributed by atoms with Gasteiger partial charge in [-0.3, -0.25) is 10.1 Å². The summed E-state index contributed by atoms with van der Waals surface area (Å²) >= 11 is 11.3. The fourth-order valence-corrected chi connectivity index (χ4v) is 3.81. The van der Waals surface area contributed by atoms with Gasteiger partial charge in [-0.1, -0.05) is 29.1 Å². The van der Waals surface area contributed by atoms with Crippen molar-refractivity contribution in [2.24, 2.45) is 0 Å². The fourth-order valence-electron chi connectivity index (χ4n) is 3.45. The van der Waals surface area contributed by atoms with Crippen LogP contribution in [-0.2, 0) is 15.7 Å². The van der Waals surface area contributed by atoms with Crippen molar-refractivity contribution in [1.82, 2.24) is 4.98 Å². The number of nitro groups is 1. The Morgan fingerprint density at radius 3 is 2.18 bits per heavy atom. The maximum absolute atomic E-state index is 13.6. The number of ether oxygens (including phenoxy) is 4. The molecule has 1 heterocycles. The molecule has 4 rings (SSSR count). The average molecular weight is 733 g/mol. The number of hydrogen-bond donors (Lipinski definition) is 0. The summed E-state index contributed by atoms with van der Waals surface area (Å²) in [6, 6.07) is 12.4. The molecule has 0 aliphatic rings. The minimum Gasteiger partial charge on any atom is -0.545 e. The van der Waals surface area contributed by atoms with Crippen molar-refractivity contribution in [2.45, 2.75) is 19.2 Å². The van der Waals surface area contributed by atoms with E-state index in [1.165, 1.54) is 13.1 Å². The van der Waals surface area contributed by atoms with Gasteiger partial charge in [0.05, 0.1) is 32.1 Å². The van der Waals surface area contributed by atoms with E-state index in [0.717, 1.165) is 36.4 Å². The van der Waals surface area contributed by atoms with Crippen molar-refractivity contribution in [2.75, 3.05) is 6.61 Å². The SMILES string of the molecule is C#CCOC(=O)[C@@H](C)Oc1ccc(Oc2ncc(Cl)cc2F)cc1.O=C([O-])c1cc(Oc2ccc(C(F)(F)F)cc2Cl)ccc1[N+](=O)[O-].[Na+]. The largest absolute Gasteiger partial charge is 1.00 e. The van der Waals surface area contributed by atoms with Crippen molar-refractivity contribution in [3.8, 4) is 41.2 Å². The van der Waals surface area contributed by atoms with Crippen LogP contribution in [0.15, 0.2) is 72.9 Å². The van der Waals surface area contributed by atoms with Crippen LogP contribution in [-0.4, -0.2) is 34.6 Å². The van der Waals surface area contributed by atoms with Crippen LogP contribution in [0.25, 0.3) is 0 Å².